The fourth-order valence-electron chi connectivity index (χ4n) is 2.26. The van der Waals surface area contributed by atoms with Crippen molar-refractivity contribution in [1.82, 2.24) is 4.90 Å². The van der Waals surface area contributed by atoms with Gasteiger partial charge in [-0.3, -0.25) is 19.3 Å². The van der Waals surface area contributed by atoms with Crippen LogP contribution in [0.2, 0.25) is 0 Å². The Bertz CT molecular complexity index is 549. The van der Waals surface area contributed by atoms with Gasteiger partial charge in [-0.05, 0) is 24.6 Å². The Kier molecular flexibility index (Phi) is 3.14. The Morgan fingerprint density at radius 3 is 2.26 bits per heavy atom. The Balaban J connectivity index is 2.30. The van der Waals surface area contributed by atoms with E-state index in [4.69, 9.17) is 4.74 Å². The number of rotatable bonds is 2. The van der Waals surface area contributed by atoms with Crippen molar-refractivity contribution in [2.75, 3.05) is 7.05 Å². The van der Waals surface area contributed by atoms with Crippen molar-refractivity contribution < 1.29 is 19.1 Å². The molecule has 1 heterocycles. The maximum absolute atomic E-state index is 12.1. The van der Waals surface area contributed by atoms with Gasteiger partial charge in [0.1, 0.15) is 5.75 Å². The fourth-order valence-corrected chi connectivity index (χ4v) is 2.26. The first-order chi connectivity index (χ1) is 8.84. The normalized spacial score (nSPS) is 22.8. The van der Waals surface area contributed by atoms with E-state index in [-0.39, 0.29) is 18.2 Å². The number of carbonyl (C=O) groups is 3. The molecule has 0 bridgehead atoms. The molecular formula is C14H15NO4. The number of benzene rings is 1. The highest BCUT2D eigenvalue weighted by Crippen LogP contribution is 2.36. The first kappa shape index (κ1) is 13.3. The molecule has 1 unspecified atom stereocenters. The number of likely N-dealkylation sites (N-methyl/N-ethyl adjacent to an activating group) is 1. The molecule has 0 spiro atoms. The van der Waals surface area contributed by atoms with E-state index in [1.54, 1.807) is 31.2 Å². The molecule has 19 heavy (non-hydrogen) atoms. The van der Waals surface area contributed by atoms with Crippen LogP contribution in [0.1, 0.15) is 25.8 Å². The number of esters is 1. The first-order valence-electron chi connectivity index (χ1n) is 5.94. The van der Waals surface area contributed by atoms with Gasteiger partial charge in [0.15, 0.2) is 0 Å². The summed E-state index contributed by atoms with van der Waals surface area (Å²) in [5.74, 6) is -0.370. The van der Waals surface area contributed by atoms with Gasteiger partial charge in [0, 0.05) is 20.4 Å². The summed E-state index contributed by atoms with van der Waals surface area (Å²) in [6, 6.07) is 6.67. The number of hydrogen-bond donors (Lipinski definition) is 0. The predicted molar refractivity (Wildman–Crippen MR) is 67.5 cm³/mol. The van der Waals surface area contributed by atoms with Crippen LogP contribution < -0.4 is 4.74 Å². The van der Waals surface area contributed by atoms with Gasteiger partial charge < -0.3 is 4.74 Å². The molecule has 1 aliphatic heterocycles. The third-order valence-corrected chi connectivity index (χ3v) is 3.41. The minimum absolute atomic E-state index is 0.162. The summed E-state index contributed by atoms with van der Waals surface area (Å²) < 4.78 is 4.93. The maximum Gasteiger partial charge on any atom is 0.308 e. The van der Waals surface area contributed by atoms with E-state index in [9.17, 15) is 14.4 Å². The molecule has 0 saturated carbocycles. The third-order valence-electron chi connectivity index (χ3n) is 3.41. The van der Waals surface area contributed by atoms with Crippen LogP contribution in [0.5, 0.6) is 5.75 Å². The van der Waals surface area contributed by atoms with Crippen molar-refractivity contribution in [2.45, 2.75) is 25.7 Å². The van der Waals surface area contributed by atoms with E-state index in [0.717, 1.165) is 10.5 Å². The van der Waals surface area contributed by atoms with E-state index < -0.39 is 11.4 Å². The molecule has 2 rings (SSSR count). The Hall–Kier alpha value is -2.17. The minimum atomic E-state index is -0.833. The lowest BCUT2D eigenvalue weighted by molar-refractivity contribution is -0.138. The number of imide groups is 1. The molecule has 0 aliphatic carbocycles. The van der Waals surface area contributed by atoms with Crippen molar-refractivity contribution in [3.05, 3.63) is 29.8 Å². The van der Waals surface area contributed by atoms with E-state index in [1.165, 1.54) is 14.0 Å². The van der Waals surface area contributed by atoms with Gasteiger partial charge in [0.25, 0.3) is 0 Å². The summed E-state index contributed by atoms with van der Waals surface area (Å²) in [6.45, 7) is 3.07. The average Bonchev–Trinajstić information content (AvgIpc) is 2.54. The molecule has 2 amide bonds. The van der Waals surface area contributed by atoms with Crippen molar-refractivity contribution in [3.8, 4) is 5.75 Å². The van der Waals surface area contributed by atoms with Gasteiger partial charge in [-0.15, -0.1) is 0 Å². The van der Waals surface area contributed by atoms with Crippen LogP contribution in [0.3, 0.4) is 0 Å². The van der Waals surface area contributed by atoms with Gasteiger partial charge in [-0.25, -0.2) is 0 Å². The molecule has 1 saturated heterocycles. The number of carbonyl (C=O) groups excluding carboxylic acids is 3. The summed E-state index contributed by atoms with van der Waals surface area (Å²) in [5.41, 5.74) is -0.0910. The van der Waals surface area contributed by atoms with Gasteiger partial charge in [-0.2, -0.15) is 0 Å². The maximum atomic E-state index is 12.1. The number of amides is 2. The molecule has 0 radical (unpaired) electrons. The zero-order valence-electron chi connectivity index (χ0n) is 11.1. The molecular weight excluding hydrogens is 246 g/mol. The molecule has 1 aromatic rings. The fraction of sp³-hybridized carbons (Fsp3) is 0.357. The van der Waals surface area contributed by atoms with Gasteiger partial charge >= 0.3 is 5.97 Å². The van der Waals surface area contributed by atoms with Crippen LogP contribution >= 0.6 is 0 Å². The molecule has 1 fully saturated rings. The molecule has 1 atom stereocenters. The summed E-state index contributed by atoms with van der Waals surface area (Å²) in [6.07, 6.45) is 0.162. The van der Waals surface area contributed by atoms with E-state index in [0.29, 0.717) is 5.75 Å². The highest BCUT2D eigenvalue weighted by atomic mass is 16.5. The third kappa shape index (κ3) is 2.23. The molecule has 5 nitrogen and oxygen atoms in total. The SMILES string of the molecule is CC(=O)Oc1ccc(C2(C)CC(=O)N(C)C2=O)cc1. The lowest BCUT2D eigenvalue weighted by Gasteiger charge is -2.21. The number of nitrogens with zero attached hydrogens (tertiary/aromatic N) is 1. The van der Waals surface area contributed by atoms with Crippen LogP contribution in [0.25, 0.3) is 0 Å². The second kappa shape index (κ2) is 4.50. The van der Waals surface area contributed by atoms with Crippen LogP contribution in [-0.2, 0) is 19.8 Å². The topological polar surface area (TPSA) is 63.7 Å². The van der Waals surface area contributed by atoms with Crippen molar-refractivity contribution in [3.63, 3.8) is 0 Å². The molecule has 100 valence electrons. The molecule has 1 aliphatic rings. The van der Waals surface area contributed by atoms with Crippen molar-refractivity contribution >= 4 is 17.8 Å². The Morgan fingerprint density at radius 2 is 1.84 bits per heavy atom. The van der Waals surface area contributed by atoms with Gasteiger partial charge in [-0.1, -0.05) is 12.1 Å². The predicted octanol–water partition coefficient (Wildman–Crippen LogP) is 1.26. The first-order valence-corrected chi connectivity index (χ1v) is 5.94. The Labute approximate surface area is 111 Å². The van der Waals surface area contributed by atoms with Gasteiger partial charge in [0.05, 0.1) is 5.41 Å². The summed E-state index contributed by atoms with van der Waals surface area (Å²) in [4.78, 5) is 35.7. The van der Waals surface area contributed by atoms with Crippen molar-refractivity contribution in [1.29, 1.82) is 0 Å². The second-order valence-corrected chi connectivity index (χ2v) is 4.88. The highest BCUT2D eigenvalue weighted by Gasteiger charge is 2.47. The van der Waals surface area contributed by atoms with E-state index >= 15 is 0 Å². The van der Waals surface area contributed by atoms with Gasteiger partial charge in [0.2, 0.25) is 11.8 Å². The molecule has 0 N–H and O–H groups in total. The number of ether oxygens (including phenoxy) is 1. The minimum Gasteiger partial charge on any atom is -0.427 e. The standard InChI is InChI=1S/C14H15NO4/c1-9(16)19-11-6-4-10(5-7-11)14(2)8-12(17)15(3)13(14)18/h4-7H,8H2,1-3H3. The van der Waals surface area contributed by atoms with Crippen molar-refractivity contribution in [2.24, 2.45) is 0 Å². The number of likely N-dealkylation sites (tertiary alicyclic amines) is 1. The summed E-state index contributed by atoms with van der Waals surface area (Å²) in [5, 5.41) is 0. The average molecular weight is 261 g/mol. The van der Waals surface area contributed by atoms with Crippen LogP contribution in [0.4, 0.5) is 0 Å². The lowest BCUT2D eigenvalue weighted by Crippen LogP contribution is -2.34. The zero-order chi connectivity index (χ0) is 14.2. The van der Waals surface area contributed by atoms with Crippen LogP contribution in [0, 0.1) is 0 Å². The number of hydrogen-bond acceptors (Lipinski definition) is 4. The van der Waals surface area contributed by atoms with E-state index in [1.807, 2.05) is 0 Å². The molecule has 1 aromatic carbocycles. The molecule has 0 aromatic heterocycles. The smallest absolute Gasteiger partial charge is 0.308 e. The van der Waals surface area contributed by atoms with Crippen LogP contribution in [0.15, 0.2) is 24.3 Å². The quantitative estimate of drug-likeness (QED) is 0.457. The Morgan fingerprint density at radius 1 is 1.26 bits per heavy atom. The second-order valence-electron chi connectivity index (χ2n) is 4.88. The highest BCUT2D eigenvalue weighted by molar-refractivity contribution is 6.08. The zero-order valence-corrected chi connectivity index (χ0v) is 11.1. The van der Waals surface area contributed by atoms with Crippen LogP contribution in [-0.4, -0.2) is 29.7 Å². The van der Waals surface area contributed by atoms with E-state index in [2.05, 4.69) is 0 Å². The monoisotopic (exact) mass is 261 g/mol. The summed E-state index contributed by atoms with van der Waals surface area (Å²) in [7, 11) is 1.49. The summed E-state index contributed by atoms with van der Waals surface area (Å²) >= 11 is 0. The largest absolute Gasteiger partial charge is 0.427 e. The molecule has 5 heteroatoms. The lowest BCUT2D eigenvalue weighted by atomic mass is 9.81.